The zero-order chi connectivity index (χ0) is 11.3. The van der Waals surface area contributed by atoms with E-state index in [-0.39, 0.29) is 5.91 Å². The predicted octanol–water partition coefficient (Wildman–Crippen LogP) is 0.128. The van der Waals surface area contributed by atoms with E-state index in [0.29, 0.717) is 12.3 Å². The van der Waals surface area contributed by atoms with Crippen LogP contribution < -0.4 is 5.32 Å². The number of amides is 1. The van der Waals surface area contributed by atoms with Gasteiger partial charge in [0.2, 0.25) is 5.91 Å². The number of carbonyl (C=O) groups is 2. The minimum atomic E-state index is -1.20. The molecule has 3 N–H and O–H groups in total. The first kappa shape index (κ1) is 12.0. The lowest BCUT2D eigenvalue weighted by Gasteiger charge is -2.13. The number of carbonyl (C=O) groups excluding carboxylic acids is 1. The van der Waals surface area contributed by atoms with Crippen LogP contribution in [0.5, 0.6) is 0 Å². The number of aliphatic hydroxyl groups excluding tert-OH is 1. The zero-order valence-corrected chi connectivity index (χ0v) is 8.61. The molecule has 0 radical (unpaired) electrons. The highest BCUT2D eigenvalue weighted by atomic mass is 16.4. The molecule has 1 fully saturated rings. The van der Waals surface area contributed by atoms with Crippen LogP contribution in [0, 0.1) is 5.92 Å². The maximum Gasteiger partial charge on any atom is 0.328 e. The molecule has 1 aliphatic carbocycles. The van der Waals surface area contributed by atoms with Crippen LogP contribution in [-0.2, 0) is 9.59 Å². The third-order valence-electron chi connectivity index (χ3n) is 2.76. The van der Waals surface area contributed by atoms with E-state index in [9.17, 15) is 9.59 Å². The molecular weight excluding hydrogens is 198 g/mol. The molecule has 5 nitrogen and oxygen atoms in total. The van der Waals surface area contributed by atoms with Gasteiger partial charge in [0.05, 0.1) is 6.61 Å². The number of nitrogens with one attached hydrogen (secondary N) is 1. The molecule has 1 unspecified atom stereocenters. The van der Waals surface area contributed by atoms with Gasteiger partial charge in [-0.1, -0.05) is 12.8 Å². The van der Waals surface area contributed by atoms with Crippen LogP contribution in [0.1, 0.15) is 32.1 Å². The van der Waals surface area contributed by atoms with Crippen molar-refractivity contribution in [3.05, 3.63) is 0 Å². The summed E-state index contributed by atoms with van der Waals surface area (Å²) in [6, 6.07) is -1.17. The molecule has 1 saturated carbocycles. The Bertz CT molecular complexity index is 236. The molecule has 15 heavy (non-hydrogen) atoms. The van der Waals surface area contributed by atoms with Gasteiger partial charge in [0.25, 0.3) is 0 Å². The molecule has 1 atom stereocenters. The smallest absolute Gasteiger partial charge is 0.328 e. The first-order valence-corrected chi connectivity index (χ1v) is 5.26. The van der Waals surface area contributed by atoms with Crippen molar-refractivity contribution in [1.29, 1.82) is 0 Å². The number of carboxylic acids is 1. The van der Waals surface area contributed by atoms with Crippen molar-refractivity contribution < 1.29 is 19.8 Å². The largest absolute Gasteiger partial charge is 0.480 e. The molecule has 1 rings (SSSR count). The summed E-state index contributed by atoms with van der Waals surface area (Å²) in [6.45, 7) is -0.564. The van der Waals surface area contributed by atoms with Crippen LogP contribution >= 0.6 is 0 Å². The van der Waals surface area contributed by atoms with Crippen molar-refractivity contribution in [3.63, 3.8) is 0 Å². The SMILES string of the molecule is O=C(CC1CCCC1)NC(CO)C(=O)O. The summed E-state index contributed by atoms with van der Waals surface area (Å²) in [6.07, 6.45) is 4.78. The van der Waals surface area contributed by atoms with Crippen molar-refractivity contribution >= 4 is 11.9 Å². The lowest BCUT2D eigenvalue weighted by Crippen LogP contribution is -2.43. The fraction of sp³-hybridized carbons (Fsp3) is 0.800. The normalized spacial score (nSPS) is 18.7. The number of rotatable bonds is 5. The van der Waals surface area contributed by atoms with E-state index >= 15 is 0 Å². The highest BCUT2D eigenvalue weighted by molar-refractivity contribution is 5.83. The highest BCUT2D eigenvalue weighted by Crippen LogP contribution is 2.27. The Balaban J connectivity index is 2.30. The first-order valence-electron chi connectivity index (χ1n) is 5.26. The van der Waals surface area contributed by atoms with Gasteiger partial charge in [0.15, 0.2) is 0 Å². The maximum absolute atomic E-state index is 11.4. The summed E-state index contributed by atoms with van der Waals surface area (Å²) in [5.74, 6) is -1.08. The molecule has 1 aliphatic rings. The standard InChI is InChI=1S/C10H17NO4/c12-6-8(10(14)15)11-9(13)5-7-3-1-2-4-7/h7-8,12H,1-6H2,(H,11,13)(H,14,15). The minimum Gasteiger partial charge on any atom is -0.480 e. The third-order valence-corrected chi connectivity index (χ3v) is 2.76. The maximum atomic E-state index is 11.4. The second-order valence-corrected chi connectivity index (χ2v) is 4.00. The Morgan fingerprint density at radius 3 is 2.40 bits per heavy atom. The number of hydrogen-bond donors (Lipinski definition) is 3. The van der Waals surface area contributed by atoms with Crippen molar-refractivity contribution in [2.75, 3.05) is 6.61 Å². The zero-order valence-electron chi connectivity index (χ0n) is 8.61. The summed E-state index contributed by atoms with van der Waals surface area (Å²) >= 11 is 0. The van der Waals surface area contributed by atoms with Crippen LogP contribution in [0.3, 0.4) is 0 Å². The number of hydrogen-bond acceptors (Lipinski definition) is 3. The highest BCUT2D eigenvalue weighted by Gasteiger charge is 2.22. The molecule has 0 aliphatic heterocycles. The van der Waals surface area contributed by atoms with Crippen molar-refractivity contribution in [3.8, 4) is 0 Å². The van der Waals surface area contributed by atoms with Gasteiger partial charge in [-0.15, -0.1) is 0 Å². The summed E-state index contributed by atoms with van der Waals surface area (Å²) in [7, 11) is 0. The van der Waals surface area contributed by atoms with Gasteiger partial charge in [-0.2, -0.15) is 0 Å². The molecule has 0 heterocycles. The van der Waals surface area contributed by atoms with E-state index < -0.39 is 18.6 Å². The van der Waals surface area contributed by atoms with Gasteiger partial charge < -0.3 is 15.5 Å². The lowest BCUT2D eigenvalue weighted by atomic mass is 10.0. The number of aliphatic carboxylic acids is 1. The Morgan fingerprint density at radius 1 is 1.33 bits per heavy atom. The third kappa shape index (κ3) is 3.87. The van der Waals surface area contributed by atoms with Gasteiger partial charge in [0.1, 0.15) is 6.04 Å². The van der Waals surface area contributed by atoms with Gasteiger partial charge in [-0.25, -0.2) is 4.79 Å². The number of aliphatic hydroxyl groups is 1. The van der Waals surface area contributed by atoms with Gasteiger partial charge >= 0.3 is 5.97 Å². The van der Waals surface area contributed by atoms with E-state index in [2.05, 4.69) is 5.32 Å². The van der Waals surface area contributed by atoms with Crippen LogP contribution in [0.25, 0.3) is 0 Å². The lowest BCUT2D eigenvalue weighted by molar-refractivity contribution is -0.143. The molecule has 0 aromatic carbocycles. The molecule has 0 aromatic rings. The minimum absolute atomic E-state index is 0.275. The summed E-state index contributed by atoms with van der Waals surface area (Å²) in [4.78, 5) is 21.9. The number of carboxylic acid groups (broad SMARTS) is 1. The predicted molar refractivity (Wildman–Crippen MR) is 53.2 cm³/mol. The fourth-order valence-electron chi connectivity index (χ4n) is 1.92. The van der Waals surface area contributed by atoms with E-state index in [4.69, 9.17) is 10.2 Å². The van der Waals surface area contributed by atoms with Gasteiger partial charge in [-0.05, 0) is 18.8 Å². The summed E-state index contributed by atoms with van der Waals surface area (Å²) in [5.41, 5.74) is 0. The summed E-state index contributed by atoms with van der Waals surface area (Å²) in [5, 5.41) is 19.6. The van der Waals surface area contributed by atoms with Crippen LogP contribution in [0.15, 0.2) is 0 Å². The average Bonchev–Trinajstić information content (AvgIpc) is 2.66. The van der Waals surface area contributed by atoms with Gasteiger partial charge in [-0.3, -0.25) is 4.79 Å². The monoisotopic (exact) mass is 215 g/mol. The first-order chi connectivity index (χ1) is 7.13. The molecule has 86 valence electrons. The average molecular weight is 215 g/mol. The molecular formula is C10H17NO4. The molecule has 1 amide bonds. The Morgan fingerprint density at radius 2 is 1.93 bits per heavy atom. The molecule has 5 heteroatoms. The molecule has 0 spiro atoms. The molecule has 0 saturated heterocycles. The summed E-state index contributed by atoms with van der Waals surface area (Å²) < 4.78 is 0. The van der Waals surface area contributed by atoms with Gasteiger partial charge in [0, 0.05) is 6.42 Å². The van der Waals surface area contributed by atoms with E-state index in [1.807, 2.05) is 0 Å². The van der Waals surface area contributed by atoms with E-state index in [1.54, 1.807) is 0 Å². The van der Waals surface area contributed by atoms with Crippen LogP contribution in [-0.4, -0.2) is 34.7 Å². The topological polar surface area (TPSA) is 86.6 Å². The Labute approximate surface area is 88.5 Å². The van der Waals surface area contributed by atoms with Crippen LogP contribution in [0.2, 0.25) is 0 Å². The second kappa shape index (κ2) is 5.70. The van der Waals surface area contributed by atoms with E-state index in [0.717, 1.165) is 25.7 Å². The molecule has 0 aromatic heterocycles. The van der Waals surface area contributed by atoms with Crippen LogP contribution in [0.4, 0.5) is 0 Å². The fourth-order valence-corrected chi connectivity index (χ4v) is 1.92. The Kier molecular flexibility index (Phi) is 4.55. The van der Waals surface area contributed by atoms with E-state index in [1.165, 1.54) is 0 Å². The van der Waals surface area contributed by atoms with Crippen molar-refractivity contribution in [2.45, 2.75) is 38.1 Å². The quantitative estimate of drug-likeness (QED) is 0.608. The van der Waals surface area contributed by atoms with Crippen molar-refractivity contribution in [1.82, 2.24) is 5.32 Å². The molecule has 0 bridgehead atoms. The second-order valence-electron chi connectivity index (χ2n) is 4.00. The Hall–Kier alpha value is -1.10. The van der Waals surface area contributed by atoms with Crippen molar-refractivity contribution in [2.24, 2.45) is 5.92 Å².